The maximum absolute atomic E-state index is 13.6. The predicted octanol–water partition coefficient (Wildman–Crippen LogP) is 1.83. The largest absolute Gasteiger partial charge is 0.508 e. The molecular formula is C24H20N4O6. The van der Waals surface area contributed by atoms with Crippen molar-refractivity contribution in [2.45, 2.75) is 6.04 Å². The lowest BCUT2D eigenvalue weighted by atomic mass is 9.96. The van der Waals surface area contributed by atoms with Crippen LogP contribution in [0.1, 0.15) is 20.7 Å². The van der Waals surface area contributed by atoms with E-state index in [1.54, 1.807) is 24.3 Å². The number of fused-ring (bicyclic) bond motifs is 10. The second kappa shape index (κ2) is 6.94. The van der Waals surface area contributed by atoms with E-state index in [4.69, 9.17) is 0 Å². The second-order valence-electron chi connectivity index (χ2n) is 8.48. The number of aromatic amines is 1. The number of phenols is 2. The van der Waals surface area contributed by atoms with Gasteiger partial charge in [0.05, 0.1) is 52.4 Å². The van der Waals surface area contributed by atoms with Gasteiger partial charge in [-0.3, -0.25) is 9.59 Å². The summed E-state index contributed by atoms with van der Waals surface area (Å²) in [6, 6.07) is 8.65. The van der Waals surface area contributed by atoms with Crippen molar-refractivity contribution >= 4 is 55.4 Å². The number of aromatic nitrogens is 2. The lowest BCUT2D eigenvalue weighted by Crippen LogP contribution is -2.50. The number of hydrogen-bond donors (Lipinski definition) is 6. The molecule has 1 aliphatic heterocycles. The summed E-state index contributed by atoms with van der Waals surface area (Å²) in [5.74, 6) is -1.10. The van der Waals surface area contributed by atoms with Crippen LogP contribution in [0.3, 0.4) is 0 Å². The summed E-state index contributed by atoms with van der Waals surface area (Å²) in [7, 11) is 1.81. The van der Waals surface area contributed by atoms with Crippen LogP contribution in [0.2, 0.25) is 0 Å². The Hall–Kier alpha value is -4.12. The highest BCUT2D eigenvalue weighted by Gasteiger charge is 2.42. The molecule has 6 N–H and O–H groups in total. The average molecular weight is 460 g/mol. The number of aliphatic hydroxyl groups excluding tert-OH is 2. The smallest absolute Gasteiger partial charge is 0.276 e. The summed E-state index contributed by atoms with van der Waals surface area (Å²) >= 11 is 0. The molecule has 0 radical (unpaired) electrons. The van der Waals surface area contributed by atoms with Crippen LogP contribution in [0, 0.1) is 0 Å². The van der Waals surface area contributed by atoms with Crippen molar-refractivity contribution in [1.29, 1.82) is 0 Å². The van der Waals surface area contributed by atoms with E-state index in [2.05, 4.69) is 10.4 Å². The number of phenolic OH excluding ortho intramolecular Hbond substituents is 2. The van der Waals surface area contributed by atoms with E-state index in [0.717, 1.165) is 5.01 Å². The van der Waals surface area contributed by atoms with Crippen molar-refractivity contribution in [3.63, 3.8) is 0 Å². The predicted molar refractivity (Wildman–Crippen MR) is 125 cm³/mol. The number of nitrogens with one attached hydrogen (secondary N) is 2. The SMILES string of the molecule is Cn1c2cc(O)ccc2c2c3c(c4c5ccc(O)cc5[nH]c4c21)C(=O)N(NC(CO)CO)C3=O. The topological polar surface area (TPSA) is 151 Å². The van der Waals surface area contributed by atoms with Gasteiger partial charge in [-0.2, -0.15) is 0 Å². The molecule has 2 amide bonds. The van der Waals surface area contributed by atoms with Gasteiger partial charge in [-0.05, 0) is 24.3 Å². The summed E-state index contributed by atoms with van der Waals surface area (Å²) < 4.78 is 1.85. The Bertz CT molecular complexity index is 1690. The first kappa shape index (κ1) is 20.5. The van der Waals surface area contributed by atoms with Gasteiger partial charge in [0.2, 0.25) is 0 Å². The summed E-state index contributed by atoms with van der Waals surface area (Å²) in [4.78, 5) is 30.5. The monoisotopic (exact) mass is 460 g/mol. The van der Waals surface area contributed by atoms with Crippen LogP contribution >= 0.6 is 0 Å². The lowest BCUT2D eigenvalue weighted by molar-refractivity contribution is 0.0458. The number of aryl methyl sites for hydroxylation is 1. The number of hydrogen-bond acceptors (Lipinski definition) is 7. The van der Waals surface area contributed by atoms with Gasteiger partial charge in [-0.25, -0.2) is 10.4 Å². The zero-order valence-corrected chi connectivity index (χ0v) is 18.0. The van der Waals surface area contributed by atoms with Gasteiger partial charge in [-0.15, -0.1) is 0 Å². The number of aliphatic hydroxyl groups is 2. The zero-order chi connectivity index (χ0) is 23.9. The van der Waals surface area contributed by atoms with Gasteiger partial charge in [0, 0.05) is 40.7 Å². The Labute approximate surface area is 191 Å². The van der Waals surface area contributed by atoms with Crippen LogP contribution in [0.25, 0.3) is 43.6 Å². The summed E-state index contributed by atoms with van der Waals surface area (Å²) in [5.41, 5.74) is 5.55. The number of rotatable bonds is 4. The van der Waals surface area contributed by atoms with Crippen LogP contribution in [0.15, 0.2) is 36.4 Å². The molecule has 10 heteroatoms. The van der Waals surface area contributed by atoms with Gasteiger partial charge in [0.25, 0.3) is 11.8 Å². The van der Waals surface area contributed by atoms with Gasteiger partial charge >= 0.3 is 0 Å². The number of nitrogens with zero attached hydrogens (tertiary/aromatic N) is 2. The third-order valence-corrected chi connectivity index (χ3v) is 6.54. The molecular weight excluding hydrogens is 440 g/mol. The molecule has 0 atom stereocenters. The average Bonchev–Trinajstić information content (AvgIpc) is 3.40. The highest BCUT2D eigenvalue weighted by Crippen LogP contribution is 2.45. The second-order valence-corrected chi connectivity index (χ2v) is 8.48. The van der Waals surface area contributed by atoms with E-state index in [-0.39, 0.29) is 22.6 Å². The molecule has 1 aliphatic rings. The standard InChI is InChI=1S/C24H20N4O6/c1-27-16-7-12(32)3-5-14(16)18-20-19(23(33)28(24(20)34)26-10(8-29)9-30)17-13-4-2-11(31)6-15(13)25-21(17)22(18)27/h2-7,10,25-26,29-32H,8-9H2,1H3. The van der Waals surface area contributed by atoms with Crippen molar-refractivity contribution in [2.24, 2.45) is 7.05 Å². The van der Waals surface area contributed by atoms with Crippen molar-refractivity contribution in [1.82, 2.24) is 20.0 Å². The molecule has 0 fully saturated rings. The van der Waals surface area contributed by atoms with Crippen LogP contribution in [-0.4, -0.2) is 66.1 Å². The first-order chi connectivity index (χ1) is 16.3. The van der Waals surface area contributed by atoms with Crippen LogP contribution in [0.4, 0.5) is 0 Å². The molecule has 3 aromatic carbocycles. The molecule has 2 aromatic heterocycles. The number of imide groups is 1. The molecule has 172 valence electrons. The quantitative estimate of drug-likeness (QED) is 0.224. The van der Waals surface area contributed by atoms with Crippen LogP contribution in [-0.2, 0) is 7.05 Å². The van der Waals surface area contributed by atoms with E-state index in [0.29, 0.717) is 43.6 Å². The number of carbonyl (C=O) groups is 2. The molecule has 0 spiro atoms. The van der Waals surface area contributed by atoms with E-state index in [9.17, 15) is 30.0 Å². The minimum atomic E-state index is -0.905. The molecule has 0 saturated heterocycles. The molecule has 5 aromatic rings. The first-order valence-corrected chi connectivity index (χ1v) is 10.6. The van der Waals surface area contributed by atoms with E-state index in [1.165, 1.54) is 12.1 Å². The van der Waals surface area contributed by atoms with Crippen molar-refractivity contribution in [2.75, 3.05) is 13.2 Å². The minimum Gasteiger partial charge on any atom is -0.508 e. The van der Waals surface area contributed by atoms with Gasteiger partial charge in [0.1, 0.15) is 11.5 Å². The molecule has 0 saturated carbocycles. The van der Waals surface area contributed by atoms with Gasteiger partial charge < -0.3 is 30.0 Å². The number of H-pyrrole nitrogens is 1. The normalized spacial score (nSPS) is 14.1. The molecule has 0 aliphatic carbocycles. The maximum Gasteiger partial charge on any atom is 0.276 e. The summed E-state index contributed by atoms with van der Waals surface area (Å²) in [6.45, 7) is -0.955. The fourth-order valence-corrected chi connectivity index (χ4v) is 5.03. The van der Waals surface area contributed by atoms with Crippen LogP contribution < -0.4 is 5.43 Å². The summed E-state index contributed by atoms with van der Waals surface area (Å²) in [6.07, 6.45) is 0. The van der Waals surface area contributed by atoms with E-state index >= 15 is 0 Å². The Balaban J connectivity index is 1.81. The van der Waals surface area contributed by atoms with E-state index in [1.807, 2.05) is 11.6 Å². The molecule has 34 heavy (non-hydrogen) atoms. The number of amides is 2. The Morgan fingerprint density at radius 2 is 1.53 bits per heavy atom. The Morgan fingerprint density at radius 1 is 0.912 bits per heavy atom. The number of hydrazine groups is 1. The van der Waals surface area contributed by atoms with Crippen molar-refractivity contribution in [3.8, 4) is 11.5 Å². The molecule has 3 heterocycles. The number of carbonyl (C=O) groups excluding carboxylic acids is 2. The van der Waals surface area contributed by atoms with Crippen LogP contribution in [0.5, 0.6) is 11.5 Å². The first-order valence-electron chi connectivity index (χ1n) is 10.6. The zero-order valence-electron chi connectivity index (χ0n) is 18.0. The molecule has 6 rings (SSSR count). The Morgan fingerprint density at radius 3 is 2.21 bits per heavy atom. The molecule has 10 nitrogen and oxygen atoms in total. The summed E-state index contributed by atoms with van der Waals surface area (Å²) in [5, 5.41) is 42.3. The van der Waals surface area contributed by atoms with Crippen molar-refractivity contribution < 1.29 is 30.0 Å². The Kier molecular flexibility index (Phi) is 4.18. The number of benzene rings is 3. The molecule has 0 unspecified atom stereocenters. The minimum absolute atomic E-state index is 0.0494. The van der Waals surface area contributed by atoms with E-state index < -0.39 is 31.1 Å². The highest BCUT2D eigenvalue weighted by molar-refractivity contribution is 6.39. The third-order valence-electron chi connectivity index (χ3n) is 6.54. The van der Waals surface area contributed by atoms with Gasteiger partial charge in [-0.1, -0.05) is 0 Å². The maximum atomic E-state index is 13.6. The molecule has 0 bridgehead atoms. The highest BCUT2D eigenvalue weighted by atomic mass is 16.3. The fourth-order valence-electron chi connectivity index (χ4n) is 5.03. The lowest BCUT2D eigenvalue weighted by Gasteiger charge is -2.20. The fraction of sp³-hybridized carbons (Fsp3) is 0.167. The van der Waals surface area contributed by atoms with Crippen molar-refractivity contribution in [3.05, 3.63) is 47.5 Å². The van der Waals surface area contributed by atoms with Gasteiger partial charge in [0.15, 0.2) is 0 Å². The number of aromatic hydroxyl groups is 2. The third kappa shape index (κ3) is 2.49.